The number of carbonyl (C=O) groups excluding carboxylic acids is 1. The second kappa shape index (κ2) is 13.3. The third kappa shape index (κ3) is 6.81. The lowest BCUT2D eigenvalue weighted by Crippen LogP contribution is -2.53. The number of aryl methyl sites for hydroxylation is 3. The highest BCUT2D eigenvalue weighted by Crippen LogP contribution is 2.36. The van der Waals surface area contributed by atoms with Crippen LogP contribution in [0.25, 0.3) is 0 Å². The molecule has 43 heavy (non-hydrogen) atoms. The van der Waals surface area contributed by atoms with Crippen molar-refractivity contribution in [3.05, 3.63) is 46.8 Å². The smallest absolute Gasteiger partial charge is 0.249 e. The van der Waals surface area contributed by atoms with E-state index >= 15 is 0 Å². The summed E-state index contributed by atoms with van der Waals surface area (Å²) in [5.74, 6) is 0.493. The van der Waals surface area contributed by atoms with Crippen molar-refractivity contribution in [3.63, 3.8) is 0 Å². The Labute approximate surface area is 257 Å². The van der Waals surface area contributed by atoms with Crippen molar-refractivity contribution < 1.29 is 22.7 Å². The van der Waals surface area contributed by atoms with Gasteiger partial charge in [0.25, 0.3) is 0 Å². The standard InChI is InChI=1S/C32H49N5O5S/c1-22-18-28(41-6)19-23(2)31(22)43(39,40)37-17-16-36-24(3)10-11-29(36)30(37)21-42-25(4)32(38)33-26-8-7-9-27(20-26)35-14-12-34(5)13-15-35/h10-11,18-19,25-27,30H,7-9,12-17,20-21H2,1-6H3,(H,33,38). The summed E-state index contributed by atoms with van der Waals surface area (Å²) in [6.45, 7) is 12.7. The molecule has 238 valence electrons. The number of rotatable bonds is 9. The number of likely N-dealkylation sites (N-methyl/N-ethyl adjacent to an activating group) is 1. The number of hydrogen-bond acceptors (Lipinski definition) is 7. The second-order valence-corrected chi connectivity index (χ2v) is 14.4. The van der Waals surface area contributed by atoms with Crippen LogP contribution in [0.1, 0.15) is 61.2 Å². The zero-order valence-corrected chi connectivity index (χ0v) is 27.5. The molecule has 1 aromatic heterocycles. The maximum atomic E-state index is 14.2. The first-order chi connectivity index (χ1) is 20.5. The number of nitrogens with one attached hydrogen (secondary N) is 1. The fourth-order valence-electron chi connectivity index (χ4n) is 7.14. The minimum Gasteiger partial charge on any atom is -0.497 e. The molecule has 2 aliphatic heterocycles. The summed E-state index contributed by atoms with van der Waals surface area (Å²) < 4.78 is 43.7. The fourth-order valence-corrected chi connectivity index (χ4v) is 9.13. The second-order valence-electron chi connectivity index (χ2n) is 12.6. The van der Waals surface area contributed by atoms with Gasteiger partial charge in [-0.25, -0.2) is 8.42 Å². The molecule has 2 fully saturated rings. The highest BCUT2D eigenvalue weighted by atomic mass is 32.2. The predicted octanol–water partition coefficient (Wildman–Crippen LogP) is 3.25. The van der Waals surface area contributed by atoms with E-state index in [0.29, 0.717) is 40.9 Å². The van der Waals surface area contributed by atoms with Crippen LogP contribution in [0.2, 0.25) is 0 Å². The van der Waals surface area contributed by atoms with Gasteiger partial charge >= 0.3 is 0 Å². The van der Waals surface area contributed by atoms with E-state index in [1.807, 2.05) is 19.1 Å². The Balaban J connectivity index is 1.28. The minimum absolute atomic E-state index is 0.0834. The van der Waals surface area contributed by atoms with E-state index in [-0.39, 0.29) is 18.6 Å². The molecule has 1 amide bonds. The lowest BCUT2D eigenvalue weighted by molar-refractivity contribution is -0.133. The number of piperazine rings is 1. The number of ether oxygens (including phenoxy) is 2. The van der Waals surface area contributed by atoms with Crippen molar-refractivity contribution in [3.8, 4) is 5.75 Å². The van der Waals surface area contributed by atoms with Gasteiger partial charge in [0.2, 0.25) is 15.9 Å². The van der Waals surface area contributed by atoms with Gasteiger partial charge in [-0.2, -0.15) is 4.31 Å². The summed E-state index contributed by atoms with van der Waals surface area (Å²) in [6.07, 6.45) is 3.52. The van der Waals surface area contributed by atoms with Crippen LogP contribution in [0.4, 0.5) is 0 Å². The molecule has 0 bridgehead atoms. The summed E-state index contributed by atoms with van der Waals surface area (Å²) >= 11 is 0. The molecule has 5 rings (SSSR count). The number of carbonyl (C=O) groups is 1. The van der Waals surface area contributed by atoms with E-state index in [0.717, 1.165) is 56.8 Å². The molecule has 1 saturated carbocycles. The molecule has 4 unspecified atom stereocenters. The van der Waals surface area contributed by atoms with Crippen LogP contribution >= 0.6 is 0 Å². The Hall–Kier alpha value is -2.44. The predicted molar refractivity (Wildman–Crippen MR) is 167 cm³/mol. The van der Waals surface area contributed by atoms with Gasteiger partial charge < -0.3 is 24.3 Å². The number of hydrogen-bond donors (Lipinski definition) is 1. The van der Waals surface area contributed by atoms with Gasteiger partial charge in [0, 0.05) is 62.7 Å². The molecule has 1 saturated heterocycles. The maximum Gasteiger partial charge on any atom is 0.249 e. The Morgan fingerprint density at radius 3 is 2.40 bits per heavy atom. The third-order valence-corrected chi connectivity index (χ3v) is 11.8. The van der Waals surface area contributed by atoms with Gasteiger partial charge in [0.05, 0.1) is 24.7 Å². The zero-order valence-electron chi connectivity index (χ0n) is 26.6. The molecule has 4 atom stereocenters. The summed E-state index contributed by atoms with van der Waals surface area (Å²) in [7, 11) is -0.117. The van der Waals surface area contributed by atoms with Crippen LogP contribution in [0.5, 0.6) is 5.75 Å². The van der Waals surface area contributed by atoms with Crippen LogP contribution in [0.15, 0.2) is 29.2 Å². The topological polar surface area (TPSA) is 96.3 Å². The van der Waals surface area contributed by atoms with Gasteiger partial charge in [-0.1, -0.05) is 0 Å². The van der Waals surface area contributed by atoms with E-state index in [2.05, 4.69) is 26.7 Å². The normalized spacial score (nSPS) is 24.8. The number of benzene rings is 1. The van der Waals surface area contributed by atoms with Crippen molar-refractivity contribution in [2.75, 3.05) is 53.5 Å². The number of sulfonamides is 1. The Morgan fingerprint density at radius 2 is 1.72 bits per heavy atom. The molecule has 2 aromatic rings. The quantitative estimate of drug-likeness (QED) is 0.463. The van der Waals surface area contributed by atoms with Crippen molar-refractivity contribution in [1.29, 1.82) is 0 Å². The first kappa shape index (κ1) is 32.0. The summed E-state index contributed by atoms with van der Waals surface area (Å²) in [6, 6.07) is 7.58. The van der Waals surface area contributed by atoms with E-state index in [1.54, 1.807) is 44.3 Å². The van der Waals surface area contributed by atoms with E-state index < -0.39 is 22.2 Å². The minimum atomic E-state index is -3.87. The number of fused-ring (bicyclic) bond motifs is 1. The maximum absolute atomic E-state index is 14.2. The van der Waals surface area contributed by atoms with Crippen molar-refractivity contribution in [1.82, 2.24) is 24.0 Å². The molecule has 0 radical (unpaired) electrons. The van der Waals surface area contributed by atoms with Crippen LogP contribution in [0.3, 0.4) is 0 Å². The molecule has 10 nitrogen and oxygen atoms in total. The average Bonchev–Trinajstić information content (AvgIpc) is 3.36. The average molecular weight is 616 g/mol. The van der Waals surface area contributed by atoms with Crippen molar-refractivity contribution >= 4 is 15.9 Å². The molecule has 0 spiro atoms. The van der Waals surface area contributed by atoms with Gasteiger partial charge in [0.15, 0.2) is 0 Å². The van der Waals surface area contributed by atoms with E-state index in [9.17, 15) is 13.2 Å². The monoisotopic (exact) mass is 615 g/mol. The molecule has 1 aromatic carbocycles. The molecule has 11 heteroatoms. The SMILES string of the molecule is COc1cc(C)c(S(=O)(=O)N2CCn3c(C)ccc3C2COC(C)C(=O)NC2CCCC(N3CCN(C)CC3)C2)c(C)c1. The van der Waals surface area contributed by atoms with Crippen LogP contribution in [-0.4, -0.2) is 105 Å². The number of methoxy groups -OCH3 is 1. The third-order valence-electron chi connectivity index (χ3n) is 9.62. The van der Waals surface area contributed by atoms with Crippen LogP contribution in [-0.2, 0) is 26.1 Å². The lowest BCUT2D eigenvalue weighted by Gasteiger charge is -2.41. The van der Waals surface area contributed by atoms with Gasteiger partial charge in [-0.3, -0.25) is 9.69 Å². The van der Waals surface area contributed by atoms with Crippen LogP contribution in [0, 0.1) is 20.8 Å². The Bertz CT molecular complexity index is 1380. The molecule has 1 N–H and O–H groups in total. The zero-order chi connectivity index (χ0) is 30.9. The number of amides is 1. The molecular formula is C32H49N5O5S. The fraction of sp³-hybridized carbons (Fsp3) is 0.656. The highest BCUT2D eigenvalue weighted by molar-refractivity contribution is 7.89. The first-order valence-electron chi connectivity index (χ1n) is 15.7. The van der Waals surface area contributed by atoms with Gasteiger partial charge in [-0.05, 0) is 95.8 Å². The number of nitrogens with zero attached hydrogens (tertiary/aromatic N) is 4. The van der Waals surface area contributed by atoms with Gasteiger partial charge in [0.1, 0.15) is 11.9 Å². The Kier molecular flexibility index (Phi) is 9.87. The van der Waals surface area contributed by atoms with E-state index in [1.165, 1.54) is 6.42 Å². The van der Waals surface area contributed by atoms with Crippen molar-refractivity contribution in [2.24, 2.45) is 0 Å². The molecule has 1 aliphatic carbocycles. The lowest BCUT2D eigenvalue weighted by atomic mass is 9.89. The van der Waals surface area contributed by atoms with Crippen LogP contribution < -0.4 is 10.1 Å². The molecule has 3 aliphatic rings. The summed E-state index contributed by atoms with van der Waals surface area (Å²) in [5, 5.41) is 3.25. The van der Waals surface area contributed by atoms with Gasteiger partial charge in [-0.15, -0.1) is 0 Å². The van der Waals surface area contributed by atoms with E-state index in [4.69, 9.17) is 9.47 Å². The summed E-state index contributed by atoms with van der Waals surface area (Å²) in [4.78, 5) is 18.6. The Morgan fingerprint density at radius 1 is 1.02 bits per heavy atom. The highest BCUT2D eigenvalue weighted by Gasteiger charge is 2.39. The van der Waals surface area contributed by atoms with Crippen molar-refractivity contribution in [2.45, 2.75) is 89.0 Å². The number of aromatic nitrogens is 1. The molecular weight excluding hydrogens is 566 g/mol. The first-order valence-corrected chi connectivity index (χ1v) is 17.1. The molecule has 3 heterocycles. The summed E-state index contributed by atoms with van der Waals surface area (Å²) in [5.41, 5.74) is 3.24. The largest absolute Gasteiger partial charge is 0.497 e.